The number of amides is 1. The molecule has 5 nitrogen and oxygen atoms in total. The molecule has 1 amide bonds. The van der Waals surface area contributed by atoms with Crippen LogP contribution in [0.25, 0.3) is 0 Å². The lowest BCUT2D eigenvalue weighted by Gasteiger charge is -2.08. The molecule has 10 heteroatoms. The Morgan fingerprint density at radius 1 is 1.12 bits per heavy atom. The molecule has 142 valence electrons. The molecule has 2 N–H and O–H groups in total. The van der Waals surface area contributed by atoms with Crippen molar-refractivity contribution in [3.63, 3.8) is 0 Å². The number of carbonyl (C=O) groups excluding carboxylic acids is 1. The minimum atomic E-state index is -4.43. The van der Waals surface area contributed by atoms with Gasteiger partial charge in [-0.25, -0.2) is 13.1 Å². The van der Waals surface area contributed by atoms with Gasteiger partial charge in [-0.1, -0.05) is 12.1 Å². The smallest absolute Gasteiger partial charge is 0.356 e. The molecule has 0 fully saturated rings. The van der Waals surface area contributed by atoms with Crippen LogP contribution in [0, 0.1) is 0 Å². The fraction of sp³-hybridized carbons (Fsp3) is 0.312. The second-order valence-corrected chi connectivity index (χ2v) is 8.64. The highest BCUT2D eigenvalue weighted by Gasteiger charge is 2.30. The summed E-state index contributed by atoms with van der Waals surface area (Å²) in [6.45, 7) is 1.70. The molecule has 0 atom stereocenters. The van der Waals surface area contributed by atoms with Crippen molar-refractivity contribution >= 4 is 27.3 Å². The van der Waals surface area contributed by atoms with Crippen molar-refractivity contribution in [1.82, 2.24) is 10.0 Å². The van der Waals surface area contributed by atoms with Crippen molar-refractivity contribution in [3.05, 3.63) is 52.4 Å². The Hall–Kier alpha value is -1.91. The average molecular weight is 406 g/mol. The quantitative estimate of drug-likeness (QED) is 0.743. The predicted octanol–water partition coefficient (Wildman–Crippen LogP) is 2.92. The number of benzene rings is 1. The lowest BCUT2D eigenvalue weighted by atomic mass is 10.1. The summed E-state index contributed by atoms with van der Waals surface area (Å²) >= 11 is 1.08. The first-order valence-electron chi connectivity index (χ1n) is 7.57. The van der Waals surface area contributed by atoms with Crippen molar-refractivity contribution in [2.75, 3.05) is 6.54 Å². The molecule has 0 aliphatic carbocycles. The van der Waals surface area contributed by atoms with Crippen LogP contribution in [0.15, 0.2) is 40.6 Å². The van der Waals surface area contributed by atoms with E-state index in [1.807, 2.05) is 0 Å². The number of halogens is 3. The molecule has 26 heavy (non-hydrogen) atoms. The van der Waals surface area contributed by atoms with Crippen molar-refractivity contribution in [3.8, 4) is 0 Å². The molecule has 0 bridgehead atoms. The van der Waals surface area contributed by atoms with Gasteiger partial charge >= 0.3 is 6.18 Å². The summed E-state index contributed by atoms with van der Waals surface area (Å²) in [6.07, 6.45) is -3.92. The van der Waals surface area contributed by atoms with Gasteiger partial charge in [0, 0.05) is 24.9 Å². The monoisotopic (exact) mass is 406 g/mol. The van der Waals surface area contributed by atoms with Gasteiger partial charge in [-0.15, -0.1) is 11.3 Å². The number of hydrogen-bond acceptors (Lipinski definition) is 4. The Bertz CT molecular complexity index is 860. The van der Waals surface area contributed by atoms with E-state index in [9.17, 15) is 26.4 Å². The second kappa shape index (κ2) is 8.19. The van der Waals surface area contributed by atoms with E-state index < -0.39 is 21.8 Å². The molecule has 2 aromatic rings. The third-order valence-electron chi connectivity index (χ3n) is 3.39. The van der Waals surface area contributed by atoms with Crippen LogP contribution in [0.5, 0.6) is 0 Å². The van der Waals surface area contributed by atoms with E-state index in [0.717, 1.165) is 28.3 Å². The molecule has 0 radical (unpaired) electrons. The zero-order chi connectivity index (χ0) is 19.4. The summed E-state index contributed by atoms with van der Waals surface area (Å²) < 4.78 is 64.6. The molecule has 0 aliphatic heterocycles. The molecule has 0 spiro atoms. The zero-order valence-corrected chi connectivity index (χ0v) is 15.4. The van der Waals surface area contributed by atoms with E-state index in [1.165, 1.54) is 25.1 Å². The van der Waals surface area contributed by atoms with Crippen LogP contribution in [0.4, 0.5) is 13.2 Å². The molecular formula is C16H17F3N2O3S2. The van der Waals surface area contributed by atoms with Gasteiger partial charge in [0.15, 0.2) is 0 Å². The normalized spacial score (nSPS) is 12.2. The Kier molecular flexibility index (Phi) is 6.43. The van der Waals surface area contributed by atoms with Gasteiger partial charge in [0.25, 0.3) is 0 Å². The maximum absolute atomic E-state index is 12.5. The standard InChI is InChI=1S/C16H17F3N2O3S2/c1-11(22)20-9-8-14-6-7-15(25-14)26(23,24)21-10-12-2-4-13(5-3-12)16(17,18)19/h2-7,21H,8-10H2,1H3,(H,20,22). The highest BCUT2D eigenvalue weighted by Crippen LogP contribution is 2.29. The van der Waals surface area contributed by atoms with Crippen LogP contribution >= 0.6 is 11.3 Å². The minimum absolute atomic E-state index is 0.112. The summed E-state index contributed by atoms with van der Waals surface area (Å²) in [4.78, 5) is 11.6. The van der Waals surface area contributed by atoms with Crippen molar-refractivity contribution in [2.24, 2.45) is 0 Å². The van der Waals surface area contributed by atoms with E-state index in [-0.39, 0.29) is 16.7 Å². The van der Waals surface area contributed by atoms with Crippen LogP contribution in [0.2, 0.25) is 0 Å². The third kappa shape index (κ3) is 5.82. The summed E-state index contributed by atoms with van der Waals surface area (Å²) in [5.41, 5.74) is -0.366. The number of hydrogen-bond donors (Lipinski definition) is 2. The first kappa shape index (κ1) is 20.4. The first-order valence-corrected chi connectivity index (χ1v) is 9.87. The first-order chi connectivity index (χ1) is 12.1. The number of thiophene rings is 1. The number of alkyl halides is 3. The van der Waals surface area contributed by atoms with Crippen molar-refractivity contribution in [2.45, 2.75) is 30.3 Å². The van der Waals surface area contributed by atoms with E-state index in [0.29, 0.717) is 18.5 Å². The topological polar surface area (TPSA) is 75.3 Å². The maximum atomic E-state index is 12.5. The minimum Gasteiger partial charge on any atom is -0.356 e. The maximum Gasteiger partial charge on any atom is 0.416 e. The van der Waals surface area contributed by atoms with Crippen LogP contribution in [0.3, 0.4) is 0 Å². The van der Waals surface area contributed by atoms with Gasteiger partial charge in [-0.05, 0) is 36.2 Å². The van der Waals surface area contributed by atoms with Crippen LogP contribution in [-0.2, 0) is 34.0 Å². The Labute approximate surface area is 153 Å². The van der Waals surface area contributed by atoms with E-state index >= 15 is 0 Å². The molecule has 0 saturated carbocycles. The molecule has 1 aromatic carbocycles. The van der Waals surface area contributed by atoms with Crippen molar-refractivity contribution < 1.29 is 26.4 Å². The SMILES string of the molecule is CC(=O)NCCc1ccc(S(=O)(=O)NCc2ccc(C(F)(F)F)cc2)s1. The van der Waals surface area contributed by atoms with Crippen molar-refractivity contribution in [1.29, 1.82) is 0 Å². The van der Waals surface area contributed by atoms with Gasteiger partial charge in [-0.3, -0.25) is 4.79 Å². The molecule has 0 saturated heterocycles. The average Bonchev–Trinajstić information content (AvgIpc) is 3.02. The summed E-state index contributed by atoms with van der Waals surface area (Å²) in [5.74, 6) is -0.160. The molecule has 1 heterocycles. The van der Waals surface area contributed by atoms with Gasteiger partial charge < -0.3 is 5.32 Å². The molecular weight excluding hydrogens is 389 g/mol. The number of carbonyl (C=O) groups is 1. The third-order valence-corrected chi connectivity index (χ3v) is 6.43. The second-order valence-electron chi connectivity index (χ2n) is 5.47. The lowest BCUT2D eigenvalue weighted by Crippen LogP contribution is -2.22. The Morgan fingerprint density at radius 2 is 1.77 bits per heavy atom. The lowest BCUT2D eigenvalue weighted by molar-refractivity contribution is -0.137. The van der Waals surface area contributed by atoms with E-state index in [4.69, 9.17) is 0 Å². The summed E-state index contributed by atoms with van der Waals surface area (Å²) in [6, 6.07) is 7.42. The summed E-state index contributed by atoms with van der Waals surface area (Å²) in [7, 11) is -3.76. The zero-order valence-electron chi connectivity index (χ0n) is 13.8. The van der Waals surface area contributed by atoms with E-state index in [1.54, 1.807) is 6.07 Å². The Balaban J connectivity index is 1.96. The number of rotatable bonds is 7. The molecule has 0 unspecified atom stereocenters. The predicted molar refractivity (Wildman–Crippen MR) is 92.2 cm³/mol. The Morgan fingerprint density at radius 3 is 2.35 bits per heavy atom. The highest BCUT2D eigenvalue weighted by atomic mass is 32.2. The van der Waals surface area contributed by atoms with Gasteiger partial charge in [0.1, 0.15) is 4.21 Å². The molecule has 0 aliphatic rings. The summed E-state index contributed by atoms with van der Waals surface area (Å²) in [5, 5.41) is 2.63. The van der Waals surface area contributed by atoms with Gasteiger partial charge in [-0.2, -0.15) is 13.2 Å². The number of nitrogens with one attached hydrogen (secondary N) is 2. The fourth-order valence-corrected chi connectivity index (χ4v) is 4.48. The largest absolute Gasteiger partial charge is 0.416 e. The highest BCUT2D eigenvalue weighted by molar-refractivity contribution is 7.91. The number of sulfonamides is 1. The van der Waals surface area contributed by atoms with E-state index in [2.05, 4.69) is 10.0 Å². The van der Waals surface area contributed by atoms with Crippen LogP contribution in [0.1, 0.15) is 22.9 Å². The van der Waals surface area contributed by atoms with Gasteiger partial charge in [0.05, 0.1) is 5.56 Å². The van der Waals surface area contributed by atoms with Gasteiger partial charge in [0.2, 0.25) is 15.9 Å². The molecule has 2 rings (SSSR count). The fourth-order valence-electron chi connectivity index (χ4n) is 2.06. The van der Waals surface area contributed by atoms with Crippen LogP contribution < -0.4 is 10.0 Å². The molecule has 1 aromatic heterocycles. The van der Waals surface area contributed by atoms with Crippen LogP contribution in [-0.4, -0.2) is 20.9 Å².